The maximum atomic E-state index is 4.06. The molecule has 0 radical (unpaired) electrons. The van der Waals surface area contributed by atoms with Gasteiger partial charge in [0.25, 0.3) is 0 Å². The molecule has 0 aliphatic heterocycles. The highest BCUT2D eigenvalue weighted by atomic mass is 79.9. The monoisotopic (exact) mass is 280 g/mol. The Kier molecular flexibility index (Phi) is 4.07. The van der Waals surface area contributed by atoms with Gasteiger partial charge in [-0.3, -0.25) is 5.10 Å². The molecule has 0 aliphatic rings. The van der Waals surface area contributed by atoms with Crippen molar-refractivity contribution in [1.82, 2.24) is 20.5 Å². The molecule has 16 heavy (non-hydrogen) atoms. The number of aromatic amines is 1. The molecule has 4 nitrogen and oxygen atoms in total. The minimum Gasteiger partial charge on any atom is -0.312 e. The third kappa shape index (κ3) is 3.43. The Balaban J connectivity index is 1.72. The molecule has 0 unspecified atom stereocenters. The van der Waals surface area contributed by atoms with Crippen LogP contribution in [0, 0.1) is 0 Å². The van der Waals surface area contributed by atoms with Crippen LogP contribution in [0.15, 0.2) is 35.1 Å². The largest absolute Gasteiger partial charge is 0.312 e. The molecule has 0 saturated heterocycles. The summed E-state index contributed by atoms with van der Waals surface area (Å²) in [6.45, 7) is 1.76. The first-order chi connectivity index (χ1) is 7.84. The van der Waals surface area contributed by atoms with Crippen LogP contribution >= 0.6 is 15.9 Å². The van der Waals surface area contributed by atoms with Gasteiger partial charge in [-0.25, -0.2) is 4.98 Å². The van der Waals surface area contributed by atoms with E-state index >= 15 is 0 Å². The summed E-state index contributed by atoms with van der Waals surface area (Å²) in [5.74, 6) is 0.918. The predicted octanol–water partition coefficient (Wildman–Crippen LogP) is 1.90. The van der Waals surface area contributed by atoms with Gasteiger partial charge in [-0.15, -0.1) is 0 Å². The van der Waals surface area contributed by atoms with Gasteiger partial charge in [0.15, 0.2) is 0 Å². The molecule has 2 rings (SSSR count). The number of aromatic nitrogens is 3. The van der Waals surface area contributed by atoms with Gasteiger partial charge in [-0.2, -0.15) is 5.10 Å². The minimum absolute atomic E-state index is 0.869. The zero-order valence-electron chi connectivity index (χ0n) is 8.78. The van der Waals surface area contributed by atoms with E-state index in [9.17, 15) is 0 Å². The van der Waals surface area contributed by atoms with Gasteiger partial charge < -0.3 is 5.32 Å². The first-order valence-corrected chi connectivity index (χ1v) is 5.93. The Morgan fingerprint density at radius 2 is 2.31 bits per heavy atom. The van der Waals surface area contributed by atoms with Crippen LogP contribution < -0.4 is 5.32 Å². The summed E-state index contributed by atoms with van der Waals surface area (Å²) in [6.07, 6.45) is 2.40. The first kappa shape index (κ1) is 11.3. The molecule has 2 N–H and O–H groups in total. The number of nitrogens with one attached hydrogen (secondary N) is 2. The molecule has 0 spiro atoms. The van der Waals surface area contributed by atoms with Crippen LogP contribution in [-0.4, -0.2) is 21.7 Å². The highest BCUT2D eigenvalue weighted by Gasteiger charge is 1.96. The van der Waals surface area contributed by atoms with Crippen LogP contribution in [0.2, 0.25) is 0 Å². The average molecular weight is 281 g/mol. The van der Waals surface area contributed by atoms with Crippen molar-refractivity contribution in [2.75, 3.05) is 6.54 Å². The summed E-state index contributed by atoms with van der Waals surface area (Å²) in [5.41, 5.74) is 1.27. The topological polar surface area (TPSA) is 53.6 Å². The Hall–Kier alpha value is -1.20. The molecule has 0 saturated carbocycles. The van der Waals surface area contributed by atoms with Gasteiger partial charge in [0.2, 0.25) is 0 Å². The van der Waals surface area contributed by atoms with Gasteiger partial charge >= 0.3 is 0 Å². The lowest BCUT2D eigenvalue weighted by molar-refractivity contribution is 0.671. The van der Waals surface area contributed by atoms with E-state index in [4.69, 9.17) is 0 Å². The zero-order valence-corrected chi connectivity index (χ0v) is 10.4. The third-order valence-electron chi connectivity index (χ3n) is 2.22. The molecular weight excluding hydrogens is 268 g/mol. The fraction of sp³-hybridized carbons (Fsp3) is 0.273. The Labute approximate surface area is 103 Å². The molecule has 0 bridgehead atoms. The van der Waals surface area contributed by atoms with E-state index in [0.29, 0.717) is 0 Å². The average Bonchev–Trinajstić information content (AvgIpc) is 2.77. The normalized spacial score (nSPS) is 10.6. The molecule has 84 valence electrons. The van der Waals surface area contributed by atoms with E-state index in [0.717, 1.165) is 29.8 Å². The second-order valence-electron chi connectivity index (χ2n) is 3.49. The smallest absolute Gasteiger partial charge is 0.137 e. The Morgan fingerprint density at radius 3 is 3.06 bits per heavy atom. The maximum absolute atomic E-state index is 4.06. The van der Waals surface area contributed by atoms with E-state index < -0.39 is 0 Å². The van der Waals surface area contributed by atoms with E-state index in [-0.39, 0.29) is 0 Å². The fourth-order valence-electron chi connectivity index (χ4n) is 1.44. The van der Waals surface area contributed by atoms with Crippen LogP contribution in [0.4, 0.5) is 0 Å². The lowest BCUT2D eigenvalue weighted by Gasteiger charge is -2.03. The summed E-state index contributed by atoms with van der Waals surface area (Å²) in [6, 6.07) is 8.28. The van der Waals surface area contributed by atoms with Crippen LogP contribution in [0.5, 0.6) is 0 Å². The van der Waals surface area contributed by atoms with E-state index in [1.807, 2.05) is 12.1 Å². The van der Waals surface area contributed by atoms with Crippen LogP contribution in [0.1, 0.15) is 11.4 Å². The van der Waals surface area contributed by atoms with Crippen LogP contribution in [-0.2, 0) is 13.0 Å². The number of H-pyrrole nitrogens is 1. The van der Waals surface area contributed by atoms with Gasteiger partial charge in [0.1, 0.15) is 12.2 Å². The molecule has 1 heterocycles. The third-order valence-corrected chi connectivity index (χ3v) is 2.71. The van der Waals surface area contributed by atoms with E-state index in [1.165, 1.54) is 11.9 Å². The van der Waals surface area contributed by atoms with Gasteiger partial charge in [-0.05, 0) is 17.7 Å². The number of halogens is 1. The fourth-order valence-corrected chi connectivity index (χ4v) is 1.88. The van der Waals surface area contributed by atoms with Crippen molar-refractivity contribution in [3.8, 4) is 0 Å². The van der Waals surface area contributed by atoms with Crippen molar-refractivity contribution in [3.05, 3.63) is 46.5 Å². The van der Waals surface area contributed by atoms with Crippen molar-refractivity contribution in [3.63, 3.8) is 0 Å². The van der Waals surface area contributed by atoms with Crippen molar-refractivity contribution in [2.45, 2.75) is 13.0 Å². The van der Waals surface area contributed by atoms with Crippen molar-refractivity contribution < 1.29 is 0 Å². The lowest BCUT2D eigenvalue weighted by atomic mass is 10.2. The lowest BCUT2D eigenvalue weighted by Crippen LogP contribution is -2.17. The molecule has 1 aromatic heterocycles. The first-order valence-electron chi connectivity index (χ1n) is 5.14. The summed E-state index contributed by atoms with van der Waals surface area (Å²) >= 11 is 3.45. The molecule has 0 aliphatic carbocycles. The summed E-state index contributed by atoms with van der Waals surface area (Å²) in [5, 5.41) is 10.00. The van der Waals surface area contributed by atoms with Crippen molar-refractivity contribution in [2.24, 2.45) is 0 Å². The number of rotatable bonds is 5. The number of hydrogen-bond donors (Lipinski definition) is 2. The summed E-state index contributed by atoms with van der Waals surface area (Å²) in [4.78, 5) is 4.06. The Morgan fingerprint density at radius 1 is 1.38 bits per heavy atom. The molecule has 1 aromatic carbocycles. The zero-order chi connectivity index (χ0) is 11.2. The van der Waals surface area contributed by atoms with Crippen LogP contribution in [0.25, 0.3) is 0 Å². The standard InChI is InChI=1S/C11H13BrN4/c12-10-3-1-2-9(6-10)7-13-5-4-11-14-8-15-16-11/h1-3,6,8,13H,4-5,7H2,(H,14,15,16). The highest BCUT2D eigenvalue weighted by molar-refractivity contribution is 9.10. The predicted molar refractivity (Wildman–Crippen MR) is 65.9 cm³/mol. The number of nitrogens with zero attached hydrogens (tertiary/aromatic N) is 2. The quantitative estimate of drug-likeness (QED) is 0.823. The summed E-state index contributed by atoms with van der Waals surface area (Å²) in [7, 11) is 0. The van der Waals surface area contributed by atoms with Crippen molar-refractivity contribution >= 4 is 15.9 Å². The summed E-state index contributed by atoms with van der Waals surface area (Å²) < 4.78 is 1.11. The van der Waals surface area contributed by atoms with Crippen LogP contribution in [0.3, 0.4) is 0 Å². The van der Waals surface area contributed by atoms with E-state index in [1.54, 1.807) is 0 Å². The molecule has 5 heteroatoms. The minimum atomic E-state index is 0.869. The number of hydrogen-bond acceptors (Lipinski definition) is 3. The SMILES string of the molecule is Brc1cccc(CNCCc2ncn[nH]2)c1. The molecular formula is C11H13BrN4. The number of benzene rings is 1. The molecule has 0 fully saturated rings. The maximum Gasteiger partial charge on any atom is 0.137 e. The van der Waals surface area contributed by atoms with Gasteiger partial charge in [-0.1, -0.05) is 28.1 Å². The van der Waals surface area contributed by atoms with E-state index in [2.05, 4.69) is 48.6 Å². The second-order valence-corrected chi connectivity index (χ2v) is 4.40. The molecule has 0 amide bonds. The van der Waals surface area contributed by atoms with Crippen molar-refractivity contribution in [1.29, 1.82) is 0 Å². The van der Waals surface area contributed by atoms with Gasteiger partial charge in [0, 0.05) is 24.0 Å². The molecule has 0 atom stereocenters. The molecule has 2 aromatic rings. The Bertz CT molecular complexity index is 427. The van der Waals surface area contributed by atoms with Gasteiger partial charge in [0.05, 0.1) is 0 Å². The highest BCUT2D eigenvalue weighted by Crippen LogP contribution is 2.11. The second kappa shape index (κ2) is 5.77.